The summed E-state index contributed by atoms with van der Waals surface area (Å²) in [7, 11) is -0.561. The van der Waals surface area contributed by atoms with Crippen LogP contribution in [0, 0.1) is 10.1 Å². The predicted molar refractivity (Wildman–Crippen MR) is 125 cm³/mol. The summed E-state index contributed by atoms with van der Waals surface area (Å²) in [6, 6.07) is 19.8. The van der Waals surface area contributed by atoms with Gasteiger partial charge >= 0.3 is 0 Å². The molecule has 1 heterocycles. The Hall–Kier alpha value is -3.98. The molecule has 4 rings (SSSR count). The van der Waals surface area contributed by atoms with Gasteiger partial charge in [0.05, 0.1) is 20.9 Å². The molecule has 8 nitrogen and oxygen atoms in total. The number of H-pyrrole nitrogens is 1. The number of hydrogen-bond acceptors (Lipinski definition) is 6. The summed E-state index contributed by atoms with van der Waals surface area (Å²) < 4.78 is 27.1. The molecule has 0 fully saturated rings. The standard InChI is InChI=1S/C23H20N4O4S/c1-26(2)20-13-12-16(14-21(20)27(28)29)15-22(32(30,31)17-8-4-3-5-9-17)23-24-18-10-6-7-11-19(18)25-23/h3-15H,1-2H3,(H,24,25)/b22-15+. The zero-order valence-corrected chi connectivity index (χ0v) is 18.2. The minimum absolute atomic E-state index is 0.0770. The van der Waals surface area contributed by atoms with Gasteiger partial charge < -0.3 is 9.88 Å². The molecular weight excluding hydrogens is 428 g/mol. The number of para-hydroxylation sites is 2. The molecule has 0 aliphatic heterocycles. The summed E-state index contributed by atoms with van der Waals surface area (Å²) >= 11 is 0. The highest BCUT2D eigenvalue weighted by molar-refractivity contribution is 8.00. The second-order valence-electron chi connectivity index (χ2n) is 7.33. The van der Waals surface area contributed by atoms with Crippen molar-refractivity contribution in [1.82, 2.24) is 9.97 Å². The molecule has 0 bridgehead atoms. The molecule has 3 aromatic carbocycles. The number of rotatable bonds is 6. The molecule has 1 aromatic heterocycles. The summed E-state index contributed by atoms with van der Waals surface area (Å²) in [5.41, 5.74) is 1.97. The van der Waals surface area contributed by atoms with E-state index >= 15 is 0 Å². The lowest BCUT2D eigenvalue weighted by molar-refractivity contribution is -0.384. The number of benzene rings is 3. The summed E-state index contributed by atoms with van der Waals surface area (Å²) in [6.45, 7) is 0. The lowest BCUT2D eigenvalue weighted by Crippen LogP contribution is -2.11. The number of anilines is 1. The number of aromatic amines is 1. The lowest BCUT2D eigenvalue weighted by Gasteiger charge is -2.13. The van der Waals surface area contributed by atoms with Gasteiger partial charge in [-0.2, -0.15) is 0 Å². The Morgan fingerprint density at radius 2 is 1.72 bits per heavy atom. The van der Waals surface area contributed by atoms with Gasteiger partial charge in [0.25, 0.3) is 5.69 Å². The first-order valence-electron chi connectivity index (χ1n) is 9.70. The van der Waals surface area contributed by atoms with E-state index in [2.05, 4.69) is 9.97 Å². The minimum Gasteiger partial charge on any atom is -0.372 e. The molecule has 0 amide bonds. The van der Waals surface area contributed by atoms with Crippen molar-refractivity contribution in [3.63, 3.8) is 0 Å². The van der Waals surface area contributed by atoms with E-state index in [-0.39, 0.29) is 21.3 Å². The first-order valence-corrected chi connectivity index (χ1v) is 11.2. The normalized spacial score (nSPS) is 12.1. The van der Waals surface area contributed by atoms with Crippen molar-refractivity contribution in [2.75, 3.05) is 19.0 Å². The smallest absolute Gasteiger partial charge is 0.293 e. The molecule has 0 radical (unpaired) electrons. The molecule has 0 aliphatic rings. The quantitative estimate of drug-likeness (QED) is 0.343. The molecule has 162 valence electrons. The Morgan fingerprint density at radius 3 is 2.38 bits per heavy atom. The van der Waals surface area contributed by atoms with Gasteiger partial charge in [0.1, 0.15) is 16.4 Å². The number of imidazole rings is 1. The van der Waals surface area contributed by atoms with Crippen LogP contribution < -0.4 is 4.90 Å². The summed E-state index contributed by atoms with van der Waals surface area (Å²) in [4.78, 5) is 20.3. The number of nitrogens with zero attached hydrogens (tertiary/aromatic N) is 3. The van der Waals surface area contributed by atoms with Crippen molar-refractivity contribution >= 4 is 43.2 Å². The van der Waals surface area contributed by atoms with Crippen LogP contribution in [0.4, 0.5) is 11.4 Å². The van der Waals surface area contributed by atoms with Gasteiger partial charge in [-0.15, -0.1) is 0 Å². The number of nitrogens with one attached hydrogen (secondary N) is 1. The highest BCUT2D eigenvalue weighted by Gasteiger charge is 2.26. The third kappa shape index (κ3) is 3.97. The first kappa shape index (κ1) is 21.3. The van der Waals surface area contributed by atoms with Gasteiger partial charge in [0.2, 0.25) is 9.84 Å². The van der Waals surface area contributed by atoms with Gasteiger partial charge in [-0.3, -0.25) is 10.1 Å². The zero-order chi connectivity index (χ0) is 22.9. The van der Waals surface area contributed by atoms with Crippen LogP contribution >= 0.6 is 0 Å². The molecule has 0 unspecified atom stereocenters. The van der Waals surface area contributed by atoms with Gasteiger partial charge in [-0.25, -0.2) is 13.4 Å². The van der Waals surface area contributed by atoms with Gasteiger partial charge in [0, 0.05) is 20.2 Å². The van der Waals surface area contributed by atoms with Crippen molar-refractivity contribution in [2.24, 2.45) is 0 Å². The van der Waals surface area contributed by atoms with Crippen LogP contribution in [0.15, 0.2) is 77.7 Å². The molecule has 0 spiro atoms. The molecule has 32 heavy (non-hydrogen) atoms. The van der Waals surface area contributed by atoms with E-state index in [0.29, 0.717) is 22.3 Å². The average Bonchev–Trinajstić information content (AvgIpc) is 3.21. The van der Waals surface area contributed by atoms with Crippen LogP contribution in [0.5, 0.6) is 0 Å². The molecule has 0 atom stereocenters. The number of hydrogen-bond donors (Lipinski definition) is 1. The topological polar surface area (TPSA) is 109 Å². The second kappa shape index (κ2) is 8.27. The van der Waals surface area contributed by atoms with Crippen LogP contribution in [0.25, 0.3) is 22.0 Å². The van der Waals surface area contributed by atoms with Crippen molar-refractivity contribution in [3.8, 4) is 0 Å². The Balaban J connectivity index is 1.95. The molecule has 9 heteroatoms. The molecule has 4 aromatic rings. The molecule has 0 saturated heterocycles. The SMILES string of the molecule is CN(C)c1ccc(/C=C(\c2nc3ccccc3[nH]2)S(=O)(=O)c2ccccc2)cc1[N+](=O)[O-]. The van der Waals surface area contributed by atoms with Crippen LogP contribution in [-0.4, -0.2) is 37.4 Å². The van der Waals surface area contributed by atoms with E-state index < -0.39 is 14.8 Å². The van der Waals surface area contributed by atoms with Crippen LogP contribution in [0.2, 0.25) is 0 Å². The number of sulfone groups is 1. The molecule has 0 saturated carbocycles. The fourth-order valence-corrected chi connectivity index (χ4v) is 4.79. The fourth-order valence-electron chi connectivity index (χ4n) is 3.38. The highest BCUT2D eigenvalue weighted by atomic mass is 32.2. The van der Waals surface area contributed by atoms with Gasteiger partial charge in [-0.1, -0.05) is 36.4 Å². The Morgan fingerprint density at radius 1 is 1.03 bits per heavy atom. The summed E-state index contributed by atoms with van der Waals surface area (Å²) in [5.74, 6) is 0.161. The van der Waals surface area contributed by atoms with Gasteiger partial charge in [0.15, 0.2) is 0 Å². The van der Waals surface area contributed by atoms with E-state index in [0.717, 1.165) is 0 Å². The third-order valence-electron chi connectivity index (χ3n) is 4.94. The van der Waals surface area contributed by atoms with Crippen molar-refractivity contribution in [3.05, 3.63) is 94.3 Å². The summed E-state index contributed by atoms with van der Waals surface area (Å²) in [5, 5.41) is 11.6. The number of nitro groups is 1. The maximum Gasteiger partial charge on any atom is 0.293 e. The molecule has 0 aliphatic carbocycles. The fraction of sp³-hybridized carbons (Fsp3) is 0.0870. The Kier molecular flexibility index (Phi) is 5.50. The van der Waals surface area contributed by atoms with Gasteiger partial charge in [-0.05, 0) is 42.0 Å². The second-order valence-corrected chi connectivity index (χ2v) is 9.25. The molecule has 1 N–H and O–H groups in total. The summed E-state index contributed by atoms with van der Waals surface area (Å²) in [6.07, 6.45) is 1.41. The minimum atomic E-state index is -3.97. The lowest BCUT2D eigenvalue weighted by atomic mass is 10.1. The maximum atomic E-state index is 13.5. The van der Waals surface area contributed by atoms with Crippen molar-refractivity contribution in [1.29, 1.82) is 0 Å². The highest BCUT2D eigenvalue weighted by Crippen LogP contribution is 2.33. The number of nitro benzene ring substituents is 1. The van der Waals surface area contributed by atoms with E-state index in [1.165, 1.54) is 24.3 Å². The van der Waals surface area contributed by atoms with Crippen LogP contribution in [-0.2, 0) is 9.84 Å². The molecular formula is C23H20N4O4S. The van der Waals surface area contributed by atoms with Crippen molar-refractivity contribution < 1.29 is 13.3 Å². The largest absolute Gasteiger partial charge is 0.372 e. The van der Waals surface area contributed by atoms with E-state index in [9.17, 15) is 18.5 Å². The average molecular weight is 449 g/mol. The van der Waals surface area contributed by atoms with Crippen LogP contribution in [0.3, 0.4) is 0 Å². The number of fused-ring (bicyclic) bond motifs is 1. The van der Waals surface area contributed by atoms with E-state index in [1.807, 2.05) is 12.1 Å². The van der Waals surface area contributed by atoms with Crippen LogP contribution in [0.1, 0.15) is 11.4 Å². The Labute approximate surface area is 184 Å². The first-order chi connectivity index (χ1) is 15.3. The van der Waals surface area contributed by atoms with E-state index in [4.69, 9.17) is 0 Å². The maximum absolute atomic E-state index is 13.5. The predicted octanol–water partition coefficient (Wildman–Crippen LogP) is 4.51. The zero-order valence-electron chi connectivity index (χ0n) is 17.4. The monoisotopic (exact) mass is 448 g/mol. The van der Waals surface area contributed by atoms with E-state index in [1.54, 1.807) is 61.5 Å². The van der Waals surface area contributed by atoms with Crippen molar-refractivity contribution in [2.45, 2.75) is 4.90 Å². The Bertz CT molecular complexity index is 1410. The third-order valence-corrected chi connectivity index (χ3v) is 6.72. The number of aromatic nitrogens is 2.